The van der Waals surface area contributed by atoms with Crippen molar-refractivity contribution < 1.29 is 14.3 Å². The molecule has 1 amide bonds. The number of hydrogen-bond acceptors (Lipinski definition) is 7. The van der Waals surface area contributed by atoms with E-state index in [-0.39, 0.29) is 24.6 Å². The first-order valence-electron chi connectivity index (χ1n) is 12.3. The Hall–Kier alpha value is -4.21. The fourth-order valence-corrected chi connectivity index (χ4v) is 6.01. The molecule has 5 rings (SSSR count). The van der Waals surface area contributed by atoms with Crippen molar-refractivity contribution >= 4 is 50.9 Å². The molecule has 0 aliphatic carbocycles. The Kier molecular flexibility index (Phi) is 8.19. The number of ether oxygens (including phenoxy) is 1. The largest absolute Gasteiger partial charge is 0.461 e. The molecule has 0 saturated carbocycles. The maximum Gasteiger partial charge on any atom is 0.348 e. The van der Waals surface area contributed by atoms with Crippen molar-refractivity contribution in [2.24, 2.45) is 0 Å². The predicted octanol–water partition coefficient (Wildman–Crippen LogP) is 5.96. The molecule has 0 atom stereocenters. The predicted molar refractivity (Wildman–Crippen MR) is 155 cm³/mol. The minimum atomic E-state index is -0.484. The molecule has 2 heterocycles. The number of aryl methyl sites for hydroxylation is 1. The molecule has 1 N–H and O–H groups in total. The van der Waals surface area contributed by atoms with Gasteiger partial charge in [0.1, 0.15) is 16.3 Å². The maximum atomic E-state index is 13.3. The first-order valence-corrected chi connectivity index (χ1v) is 13.9. The number of hydrogen-bond donors (Lipinski definition) is 1. The summed E-state index contributed by atoms with van der Waals surface area (Å²) in [5.41, 5.74) is 1.86. The van der Waals surface area contributed by atoms with Crippen molar-refractivity contribution in [3.05, 3.63) is 118 Å². The van der Waals surface area contributed by atoms with Gasteiger partial charge in [0.25, 0.3) is 5.56 Å². The van der Waals surface area contributed by atoms with Crippen LogP contribution in [0.2, 0.25) is 0 Å². The van der Waals surface area contributed by atoms with E-state index < -0.39 is 5.97 Å². The number of nitrogens with one attached hydrogen (secondary N) is 1. The number of carbonyl (C=O) groups excluding carboxylic acids is 2. The normalized spacial score (nSPS) is 10.9. The summed E-state index contributed by atoms with van der Waals surface area (Å²) in [5.74, 6) is -0.838. The van der Waals surface area contributed by atoms with Crippen LogP contribution in [0, 0.1) is 6.92 Å². The minimum Gasteiger partial charge on any atom is -0.461 e. The fourth-order valence-electron chi connectivity index (χ4n) is 4.06. The van der Waals surface area contributed by atoms with Gasteiger partial charge in [-0.2, -0.15) is 0 Å². The van der Waals surface area contributed by atoms with Gasteiger partial charge < -0.3 is 10.1 Å². The molecule has 196 valence electrons. The molecule has 5 aromatic rings. The summed E-state index contributed by atoms with van der Waals surface area (Å²) in [4.78, 5) is 46.0. The Morgan fingerprint density at radius 2 is 1.67 bits per heavy atom. The van der Waals surface area contributed by atoms with Crippen LogP contribution in [-0.4, -0.2) is 28.0 Å². The third-order valence-electron chi connectivity index (χ3n) is 6.02. The molecule has 3 aromatic carbocycles. The van der Waals surface area contributed by atoms with Crippen molar-refractivity contribution in [2.75, 3.05) is 11.9 Å². The highest BCUT2D eigenvalue weighted by Crippen LogP contribution is 2.33. The summed E-state index contributed by atoms with van der Waals surface area (Å²) in [6, 6.07) is 27.1. The highest BCUT2D eigenvalue weighted by molar-refractivity contribution is 7.99. The second kappa shape index (κ2) is 12.1. The SMILES string of the molecule is Cc1c(C(=O)OCCc2ccccc2)sc2ncn(CC(=O)Nc3ccccc3Sc3ccccc3)c(=O)c12. The van der Waals surface area contributed by atoms with Crippen LogP contribution in [0.4, 0.5) is 5.69 Å². The molecular weight excluding hydrogens is 530 g/mol. The molecule has 0 saturated heterocycles. The molecular formula is C30H25N3O4S2. The van der Waals surface area contributed by atoms with Gasteiger partial charge in [-0.15, -0.1) is 11.3 Å². The molecule has 0 fully saturated rings. The van der Waals surface area contributed by atoms with Gasteiger partial charge in [-0.1, -0.05) is 72.4 Å². The van der Waals surface area contributed by atoms with E-state index in [2.05, 4.69) is 10.3 Å². The van der Waals surface area contributed by atoms with Crippen LogP contribution in [0.15, 0.2) is 106 Å². The van der Waals surface area contributed by atoms with E-state index in [0.29, 0.717) is 32.8 Å². The van der Waals surface area contributed by atoms with E-state index in [4.69, 9.17) is 4.74 Å². The van der Waals surface area contributed by atoms with E-state index in [1.165, 1.54) is 10.9 Å². The van der Waals surface area contributed by atoms with Gasteiger partial charge in [-0.05, 0) is 42.3 Å². The number of anilines is 1. The highest BCUT2D eigenvalue weighted by atomic mass is 32.2. The number of amides is 1. The Morgan fingerprint density at radius 1 is 0.974 bits per heavy atom. The Morgan fingerprint density at radius 3 is 2.44 bits per heavy atom. The molecule has 2 aromatic heterocycles. The Labute approximate surface area is 233 Å². The van der Waals surface area contributed by atoms with E-state index in [1.807, 2.05) is 84.9 Å². The van der Waals surface area contributed by atoms with Crippen LogP contribution in [0.5, 0.6) is 0 Å². The van der Waals surface area contributed by atoms with Gasteiger partial charge in [-0.25, -0.2) is 9.78 Å². The number of carbonyl (C=O) groups is 2. The molecule has 0 radical (unpaired) electrons. The standard InChI is InChI=1S/C30H25N3O4S2/c1-20-26-28(39-27(20)30(36)37-17-16-21-10-4-2-5-11-21)31-19-33(29(26)35)18-25(34)32-23-14-8-9-15-24(23)38-22-12-6-3-7-13-22/h2-15,19H,16-18H2,1H3,(H,32,34). The van der Waals surface area contributed by atoms with Gasteiger partial charge in [0.05, 0.1) is 24.0 Å². The average Bonchev–Trinajstić information content (AvgIpc) is 3.29. The molecule has 0 aliphatic rings. The summed E-state index contributed by atoms with van der Waals surface area (Å²) in [6.07, 6.45) is 1.94. The molecule has 9 heteroatoms. The zero-order valence-corrected chi connectivity index (χ0v) is 22.8. The lowest BCUT2D eigenvalue weighted by atomic mass is 10.2. The first kappa shape index (κ1) is 26.4. The molecule has 0 spiro atoms. The maximum absolute atomic E-state index is 13.3. The zero-order chi connectivity index (χ0) is 27.2. The van der Waals surface area contributed by atoms with Gasteiger partial charge in [0.2, 0.25) is 5.91 Å². The number of para-hydroxylation sites is 1. The number of fused-ring (bicyclic) bond motifs is 1. The first-order chi connectivity index (χ1) is 19.0. The fraction of sp³-hybridized carbons (Fsp3) is 0.133. The quantitative estimate of drug-likeness (QED) is 0.226. The third kappa shape index (κ3) is 6.27. The van der Waals surface area contributed by atoms with Crippen LogP contribution in [0.25, 0.3) is 10.2 Å². The summed E-state index contributed by atoms with van der Waals surface area (Å²) < 4.78 is 6.72. The summed E-state index contributed by atoms with van der Waals surface area (Å²) in [7, 11) is 0. The average molecular weight is 556 g/mol. The molecule has 7 nitrogen and oxygen atoms in total. The smallest absolute Gasteiger partial charge is 0.348 e. The van der Waals surface area contributed by atoms with Gasteiger partial charge in [-0.3, -0.25) is 14.2 Å². The van der Waals surface area contributed by atoms with Gasteiger partial charge >= 0.3 is 5.97 Å². The topological polar surface area (TPSA) is 90.3 Å². The number of benzene rings is 3. The molecule has 39 heavy (non-hydrogen) atoms. The van der Waals surface area contributed by atoms with Crippen molar-refractivity contribution in [2.45, 2.75) is 29.7 Å². The number of nitrogens with zero attached hydrogens (tertiary/aromatic N) is 2. The van der Waals surface area contributed by atoms with Crippen molar-refractivity contribution in [3.63, 3.8) is 0 Å². The number of rotatable bonds is 9. The molecule has 0 unspecified atom stereocenters. The summed E-state index contributed by atoms with van der Waals surface area (Å²) in [5, 5.41) is 3.23. The van der Waals surface area contributed by atoms with Crippen LogP contribution in [-0.2, 0) is 22.5 Å². The Balaban J connectivity index is 1.28. The van der Waals surface area contributed by atoms with Crippen molar-refractivity contribution in [1.29, 1.82) is 0 Å². The second-order valence-electron chi connectivity index (χ2n) is 8.74. The lowest BCUT2D eigenvalue weighted by molar-refractivity contribution is -0.116. The third-order valence-corrected chi connectivity index (χ3v) is 8.28. The lowest BCUT2D eigenvalue weighted by Crippen LogP contribution is -2.28. The van der Waals surface area contributed by atoms with Crippen LogP contribution >= 0.6 is 23.1 Å². The van der Waals surface area contributed by atoms with E-state index in [0.717, 1.165) is 26.7 Å². The zero-order valence-electron chi connectivity index (χ0n) is 21.1. The number of aromatic nitrogens is 2. The second-order valence-corrected chi connectivity index (χ2v) is 10.9. The van der Waals surface area contributed by atoms with Crippen molar-refractivity contribution in [1.82, 2.24) is 9.55 Å². The summed E-state index contributed by atoms with van der Waals surface area (Å²) >= 11 is 2.66. The lowest BCUT2D eigenvalue weighted by Gasteiger charge is -2.11. The molecule has 0 aliphatic heterocycles. The van der Waals surface area contributed by atoms with Crippen molar-refractivity contribution in [3.8, 4) is 0 Å². The summed E-state index contributed by atoms with van der Waals surface area (Å²) in [6.45, 7) is 1.73. The van der Waals surface area contributed by atoms with Crippen LogP contribution in [0.1, 0.15) is 20.8 Å². The minimum absolute atomic E-state index is 0.210. The Bertz CT molecular complexity index is 1680. The van der Waals surface area contributed by atoms with Crippen LogP contribution in [0.3, 0.4) is 0 Å². The monoisotopic (exact) mass is 555 g/mol. The molecule has 0 bridgehead atoms. The van der Waals surface area contributed by atoms with Gasteiger partial charge in [0, 0.05) is 16.2 Å². The van der Waals surface area contributed by atoms with Crippen LogP contribution < -0.4 is 10.9 Å². The highest BCUT2D eigenvalue weighted by Gasteiger charge is 2.21. The van der Waals surface area contributed by atoms with E-state index in [9.17, 15) is 14.4 Å². The number of thiophene rings is 1. The van der Waals surface area contributed by atoms with E-state index in [1.54, 1.807) is 18.7 Å². The number of esters is 1. The van der Waals surface area contributed by atoms with E-state index >= 15 is 0 Å². The van der Waals surface area contributed by atoms with Gasteiger partial charge in [0.15, 0.2) is 0 Å².